The molecule has 17 heavy (non-hydrogen) atoms. The van der Waals surface area contributed by atoms with Crippen molar-refractivity contribution in [2.75, 3.05) is 11.4 Å². The molecule has 92 valence electrons. The van der Waals surface area contributed by atoms with Crippen LogP contribution < -0.4 is 4.90 Å². The van der Waals surface area contributed by atoms with Gasteiger partial charge in [0.25, 0.3) is 9.05 Å². The van der Waals surface area contributed by atoms with Crippen LogP contribution >= 0.6 is 22.3 Å². The summed E-state index contributed by atoms with van der Waals surface area (Å²) < 4.78 is 23.0. The molecule has 0 radical (unpaired) electrons. The summed E-state index contributed by atoms with van der Waals surface area (Å²) in [5, 5.41) is 0.299. The van der Waals surface area contributed by atoms with Crippen molar-refractivity contribution in [3.63, 3.8) is 0 Å². The van der Waals surface area contributed by atoms with Gasteiger partial charge in [0.1, 0.15) is 4.90 Å². The summed E-state index contributed by atoms with van der Waals surface area (Å²) in [6.45, 7) is 1.83. The third-order valence-corrected chi connectivity index (χ3v) is 4.19. The molecule has 0 spiro atoms. The number of halogens is 2. The molecule has 4 nitrogen and oxygen atoms in total. The lowest BCUT2D eigenvalue weighted by Gasteiger charge is -2.17. The average Bonchev–Trinajstić information content (AvgIpc) is 2.57. The number of hydrogen-bond donors (Lipinski definition) is 0. The molecule has 1 aromatic carbocycles. The first-order valence-electron chi connectivity index (χ1n) is 4.86. The summed E-state index contributed by atoms with van der Waals surface area (Å²) in [6.07, 6.45) is 0.578. The summed E-state index contributed by atoms with van der Waals surface area (Å²) in [6, 6.07) is 2.93. The Labute approximate surface area is 109 Å². The highest BCUT2D eigenvalue weighted by molar-refractivity contribution is 8.13. The first kappa shape index (κ1) is 12.7. The molecule has 1 amide bonds. The largest absolute Gasteiger partial charge is 0.311 e. The van der Waals surface area contributed by atoms with E-state index in [1.165, 1.54) is 17.9 Å². The van der Waals surface area contributed by atoms with Crippen LogP contribution in [-0.2, 0) is 20.3 Å². The summed E-state index contributed by atoms with van der Waals surface area (Å²) in [7, 11) is 1.44. The lowest BCUT2D eigenvalue weighted by Crippen LogP contribution is -2.26. The van der Waals surface area contributed by atoms with E-state index in [4.69, 9.17) is 22.3 Å². The molecule has 0 N–H and O–H groups in total. The van der Waals surface area contributed by atoms with E-state index >= 15 is 0 Å². The second kappa shape index (κ2) is 4.15. The Hall–Kier alpha value is -0.780. The summed E-state index contributed by atoms with van der Waals surface area (Å²) in [5.74, 6) is -0.215. The number of carbonyl (C=O) groups is 1. The minimum atomic E-state index is -3.92. The summed E-state index contributed by atoms with van der Waals surface area (Å²) in [4.78, 5) is 12.7. The van der Waals surface area contributed by atoms with Crippen LogP contribution in [0.15, 0.2) is 17.0 Å². The molecule has 1 aromatic rings. The zero-order valence-electron chi connectivity index (χ0n) is 8.91. The topological polar surface area (TPSA) is 54.5 Å². The standard InChI is InChI=1S/C10H9Cl2NO3S/c1-6(14)13-3-2-7-4-8(11)5-9(10(7)13)17(12,15)16/h4-5H,2-3H2,1H3. The maximum atomic E-state index is 11.5. The van der Waals surface area contributed by atoms with Crippen LogP contribution in [0.2, 0.25) is 5.02 Å². The molecule has 1 aliphatic rings. The van der Waals surface area contributed by atoms with Crippen LogP contribution in [-0.4, -0.2) is 20.9 Å². The van der Waals surface area contributed by atoms with Crippen LogP contribution in [0.1, 0.15) is 12.5 Å². The number of hydrogen-bond acceptors (Lipinski definition) is 3. The lowest BCUT2D eigenvalue weighted by atomic mass is 10.2. The van der Waals surface area contributed by atoms with Gasteiger partial charge >= 0.3 is 0 Å². The van der Waals surface area contributed by atoms with Crippen molar-refractivity contribution in [2.24, 2.45) is 0 Å². The first-order valence-corrected chi connectivity index (χ1v) is 7.54. The summed E-state index contributed by atoms with van der Waals surface area (Å²) >= 11 is 5.84. The van der Waals surface area contributed by atoms with Crippen LogP contribution in [0, 0.1) is 0 Å². The molecule has 1 heterocycles. The van der Waals surface area contributed by atoms with Crippen molar-refractivity contribution in [3.8, 4) is 0 Å². The molecule has 0 atom stereocenters. The van der Waals surface area contributed by atoms with Gasteiger partial charge in [-0.1, -0.05) is 11.6 Å². The van der Waals surface area contributed by atoms with E-state index in [0.717, 1.165) is 5.56 Å². The molecule has 0 fully saturated rings. The normalized spacial score (nSPS) is 14.9. The van der Waals surface area contributed by atoms with Gasteiger partial charge in [0.15, 0.2) is 0 Å². The molecule has 0 saturated heterocycles. The Morgan fingerprint density at radius 2 is 2.06 bits per heavy atom. The Morgan fingerprint density at radius 1 is 1.41 bits per heavy atom. The van der Waals surface area contributed by atoms with Crippen LogP contribution in [0.5, 0.6) is 0 Å². The van der Waals surface area contributed by atoms with E-state index < -0.39 is 9.05 Å². The number of benzene rings is 1. The Kier molecular flexibility index (Phi) is 3.10. The van der Waals surface area contributed by atoms with Gasteiger partial charge < -0.3 is 4.90 Å². The summed E-state index contributed by atoms with van der Waals surface area (Å²) in [5.41, 5.74) is 1.09. The molecule has 0 aliphatic carbocycles. The van der Waals surface area contributed by atoms with Crippen molar-refractivity contribution in [3.05, 3.63) is 22.7 Å². The van der Waals surface area contributed by atoms with Crippen LogP contribution in [0.25, 0.3) is 0 Å². The fourth-order valence-electron chi connectivity index (χ4n) is 1.97. The number of nitrogens with zero attached hydrogens (tertiary/aromatic N) is 1. The number of carbonyl (C=O) groups excluding carboxylic acids is 1. The molecular weight excluding hydrogens is 285 g/mol. The maximum absolute atomic E-state index is 11.5. The molecule has 1 aliphatic heterocycles. The van der Waals surface area contributed by atoms with Gasteiger partial charge in [-0.2, -0.15) is 0 Å². The minimum Gasteiger partial charge on any atom is -0.311 e. The van der Waals surface area contributed by atoms with Crippen LogP contribution in [0.3, 0.4) is 0 Å². The van der Waals surface area contributed by atoms with Crippen molar-refractivity contribution >= 4 is 42.9 Å². The van der Waals surface area contributed by atoms with Gasteiger partial charge in [-0.3, -0.25) is 4.79 Å². The van der Waals surface area contributed by atoms with Crippen LogP contribution in [0.4, 0.5) is 5.69 Å². The molecular formula is C10H9Cl2NO3S. The fourth-order valence-corrected chi connectivity index (χ4v) is 3.37. The van der Waals surface area contributed by atoms with E-state index in [9.17, 15) is 13.2 Å². The lowest BCUT2D eigenvalue weighted by molar-refractivity contribution is -0.116. The highest BCUT2D eigenvalue weighted by Gasteiger charge is 2.30. The van der Waals surface area contributed by atoms with Crippen molar-refractivity contribution < 1.29 is 13.2 Å². The zero-order valence-corrected chi connectivity index (χ0v) is 11.2. The third-order valence-electron chi connectivity index (χ3n) is 2.64. The highest BCUT2D eigenvalue weighted by atomic mass is 35.7. The van der Waals surface area contributed by atoms with E-state index in [1.807, 2.05) is 0 Å². The van der Waals surface area contributed by atoms with Gasteiger partial charge in [0.05, 0.1) is 5.69 Å². The van der Waals surface area contributed by atoms with E-state index in [0.29, 0.717) is 23.7 Å². The van der Waals surface area contributed by atoms with Gasteiger partial charge in [-0.15, -0.1) is 0 Å². The van der Waals surface area contributed by atoms with Crippen molar-refractivity contribution in [2.45, 2.75) is 18.2 Å². The van der Waals surface area contributed by atoms with E-state index in [1.54, 1.807) is 6.07 Å². The van der Waals surface area contributed by atoms with Crippen molar-refractivity contribution in [1.29, 1.82) is 0 Å². The first-order chi connectivity index (χ1) is 7.80. The highest BCUT2D eigenvalue weighted by Crippen LogP contribution is 2.38. The fraction of sp³-hybridized carbons (Fsp3) is 0.300. The average molecular weight is 294 g/mol. The second-order valence-corrected chi connectivity index (χ2v) is 6.74. The minimum absolute atomic E-state index is 0.102. The predicted octanol–water partition coefficient (Wildman–Crippen LogP) is 2.18. The number of anilines is 1. The SMILES string of the molecule is CC(=O)N1CCc2cc(Cl)cc(S(=O)(=O)Cl)c21. The Balaban J connectivity index is 2.73. The second-order valence-electron chi connectivity index (χ2n) is 3.77. The Bertz CT molecular complexity index is 598. The van der Waals surface area contributed by atoms with E-state index in [2.05, 4.69) is 0 Å². The Morgan fingerprint density at radius 3 is 2.59 bits per heavy atom. The van der Waals surface area contributed by atoms with Gasteiger partial charge in [-0.05, 0) is 24.1 Å². The van der Waals surface area contributed by atoms with Gasteiger partial charge in [0, 0.05) is 29.2 Å². The van der Waals surface area contributed by atoms with Gasteiger partial charge in [-0.25, -0.2) is 8.42 Å². The number of fused-ring (bicyclic) bond motifs is 1. The molecule has 0 saturated carbocycles. The molecule has 0 aromatic heterocycles. The quantitative estimate of drug-likeness (QED) is 0.746. The number of amides is 1. The zero-order chi connectivity index (χ0) is 12.8. The molecule has 7 heteroatoms. The monoisotopic (exact) mass is 293 g/mol. The smallest absolute Gasteiger partial charge is 0.263 e. The third kappa shape index (κ3) is 2.27. The van der Waals surface area contributed by atoms with E-state index in [-0.39, 0.29) is 10.8 Å². The molecule has 0 bridgehead atoms. The molecule has 2 rings (SSSR count). The number of rotatable bonds is 1. The van der Waals surface area contributed by atoms with Crippen molar-refractivity contribution in [1.82, 2.24) is 0 Å². The predicted molar refractivity (Wildman–Crippen MR) is 66.2 cm³/mol. The molecule has 0 unspecified atom stereocenters. The maximum Gasteiger partial charge on any atom is 0.263 e. The van der Waals surface area contributed by atoms with Gasteiger partial charge in [0.2, 0.25) is 5.91 Å².